The van der Waals surface area contributed by atoms with Gasteiger partial charge in [0, 0.05) is 0 Å². The highest BCUT2D eigenvalue weighted by molar-refractivity contribution is 4.92. The molecule has 70 valence electrons. The Morgan fingerprint density at radius 3 is 2.08 bits per heavy atom. The van der Waals surface area contributed by atoms with E-state index >= 15 is 0 Å². The average molecular weight is 166 g/mol. The van der Waals surface area contributed by atoms with E-state index in [1.54, 1.807) is 0 Å². The Kier molecular flexibility index (Phi) is 8.20. The van der Waals surface area contributed by atoms with Gasteiger partial charge in [-0.2, -0.15) is 0 Å². The molecule has 0 aliphatic rings. The predicted molar refractivity (Wildman–Crippen MR) is 57.3 cm³/mol. The van der Waals surface area contributed by atoms with Crippen molar-refractivity contribution in [1.29, 1.82) is 0 Å². The standard InChI is InChI=1S/C12H22/c1-4-5-6-7-8-9-10-11-12(2)3/h4,11H,1,5-10H2,2-3H3. The van der Waals surface area contributed by atoms with Gasteiger partial charge in [-0.1, -0.05) is 30.6 Å². The molecule has 0 amide bonds. The lowest BCUT2D eigenvalue weighted by molar-refractivity contribution is 0.652. The van der Waals surface area contributed by atoms with Crippen LogP contribution in [0.2, 0.25) is 0 Å². The largest absolute Gasteiger partial charge is 0.103 e. The summed E-state index contributed by atoms with van der Waals surface area (Å²) in [4.78, 5) is 0. The van der Waals surface area contributed by atoms with Crippen LogP contribution in [0.5, 0.6) is 0 Å². The van der Waals surface area contributed by atoms with Crippen molar-refractivity contribution in [3.8, 4) is 0 Å². The first kappa shape index (κ1) is 11.5. The van der Waals surface area contributed by atoms with Crippen molar-refractivity contribution in [3.63, 3.8) is 0 Å². The van der Waals surface area contributed by atoms with E-state index in [1.807, 2.05) is 6.08 Å². The first-order valence-corrected chi connectivity index (χ1v) is 5.01. The zero-order chi connectivity index (χ0) is 9.23. The summed E-state index contributed by atoms with van der Waals surface area (Å²) in [7, 11) is 0. The molecule has 0 fully saturated rings. The molecule has 0 aromatic heterocycles. The monoisotopic (exact) mass is 166 g/mol. The average Bonchev–Trinajstić information content (AvgIpc) is 2.02. The van der Waals surface area contributed by atoms with Crippen LogP contribution in [-0.4, -0.2) is 0 Å². The minimum Gasteiger partial charge on any atom is -0.103 e. The summed E-state index contributed by atoms with van der Waals surface area (Å²) in [5.74, 6) is 0. The van der Waals surface area contributed by atoms with Gasteiger partial charge in [0.15, 0.2) is 0 Å². The van der Waals surface area contributed by atoms with Crippen molar-refractivity contribution in [2.24, 2.45) is 0 Å². The number of unbranched alkanes of at least 4 members (excludes halogenated alkanes) is 5. The van der Waals surface area contributed by atoms with E-state index in [9.17, 15) is 0 Å². The predicted octanol–water partition coefficient (Wildman–Crippen LogP) is 4.48. The van der Waals surface area contributed by atoms with Gasteiger partial charge in [0.05, 0.1) is 0 Å². The SMILES string of the molecule is C=CCCCCCCC=C(C)C. The van der Waals surface area contributed by atoms with Crippen LogP contribution in [-0.2, 0) is 0 Å². The molecule has 0 aliphatic carbocycles. The van der Waals surface area contributed by atoms with Gasteiger partial charge in [0.1, 0.15) is 0 Å². The number of hydrogen-bond donors (Lipinski definition) is 0. The third-order valence-electron chi connectivity index (χ3n) is 1.91. The molecule has 12 heavy (non-hydrogen) atoms. The van der Waals surface area contributed by atoms with Crippen molar-refractivity contribution in [1.82, 2.24) is 0 Å². The Balaban J connectivity index is 3.00. The highest BCUT2D eigenvalue weighted by Crippen LogP contribution is 2.06. The molecule has 0 saturated carbocycles. The van der Waals surface area contributed by atoms with E-state index in [2.05, 4.69) is 26.5 Å². The van der Waals surface area contributed by atoms with Crippen molar-refractivity contribution < 1.29 is 0 Å². The molecule has 0 aliphatic heterocycles. The van der Waals surface area contributed by atoms with E-state index in [0.29, 0.717) is 0 Å². The van der Waals surface area contributed by atoms with Gasteiger partial charge in [-0.3, -0.25) is 0 Å². The Bertz CT molecular complexity index is 127. The smallest absolute Gasteiger partial charge is 0.0348 e. The van der Waals surface area contributed by atoms with Crippen molar-refractivity contribution >= 4 is 0 Å². The number of rotatable bonds is 7. The van der Waals surface area contributed by atoms with Crippen LogP contribution in [0.15, 0.2) is 24.3 Å². The molecule has 0 aromatic rings. The fourth-order valence-corrected chi connectivity index (χ4v) is 1.18. The first-order chi connectivity index (χ1) is 5.77. The minimum absolute atomic E-state index is 1.18. The Morgan fingerprint density at radius 2 is 1.58 bits per heavy atom. The van der Waals surface area contributed by atoms with E-state index in [0.717, 1.165) is 0 Å². The lowest BCUT2D eigenvalue weighted by atomic mass is 10.1. The summed E-state index contributed by atoms with van der Waals surface area (Å²) < 4.78 is 0. The summed E-state index contributed by atoms with van der Waals surface area (Å²) in [5, 5.41) is 0. The Hall–Kier alpha value is -0.520. The van der Waals surface area contributed by atoms with Crippen LogP contribution in [0.25, 0.3) is 0 Å². The van der Waals surface area contributed by atoms with Crippen LogP contribution >= 0.6 is 0 Å². The quantitative estimate of drug-likeness (QED) is 0.386. The van der Waals surface area contributed by atoms with E-state index in [4.69, 9.17) is 0 Å². The van der Waals surface area contributed by atoms with Crippen molar-refractivity contribution in [2.45, 2.75) is 52.4 Å². The zero-order valence-electron chi connectivity index (χ0n) is 8.60. The van der Waals surface area contributed by atoms with Gasteiger partial charge in [-0.05, 0) is 39.5 Å². The molecule has 0 aromatic carbocycles. The fraction of sp³-hybridized carbons (Fsp3) is 0.667. The molecule has 0 unspecified atom stereocenters. The number of allylic oxidation sites excluding steroid dienone is 3. The van der Waals surface area contributed by atoms with Gasteiger partial charge in [0.2, 0.25) is 0 Å². The molecular weight excluding hydrogens is 144 g/mol. The van der Waals surface area contributed by atoms with E-state index < -0.39 is 0 Å². The molecule has 0 saturated heterocycles. The van der Waals surface area contributed by atoms with E-state index in [1.165, 1.54) is 44.1 Å². The van der Waals surface area contributed by atoms with Gasteiger partial charge < -0.3 is 0 Å². The Morgan fingerprint density at radius 1 is 1.00 bits per heavy atom. The normalized spacial score (nSPS) is 9.50. The summed E-state index contributed by atoms with van der Waals surface area (Å²) in [6.07, 6.45) is 12.2. The van der Waals surface area contributed by atoms with Crippen molar-refractivity contribution in [2.75, 3.05) is 0 Å². The van der Waals surface area contributed by atoms with Gasteiger partial charge in [0.25, 0.3) is 0 Å². The second kappa shape index (κ2) is 8.58. The maximum atomic E-state index is 3.71. The molecule has 0 rings (SSSR count). The second-order valence-corrected chi connectivity index (χ2v) is 3.56. The van der Waals surface area contributed by atoms with Gasteiger partial charge in [-0.25, -0.2) is 0 Å². The summed E-state index contributed by atoms with van der Waals surface area (Å²) in [6.45, 7) is 8.04. The molecule has 0 nitrogen and oxygen atoms in total. The van der Waals surface area contributed by atoms with Gasteiger partial charge in [-0.15, -0.1) is 6.58 Å². The fourth-order valence-electron chi connectivity index (χ4n) is 1.18. The molecule has 0 heterocycles. The molecule has 0 bridgehead atoms. The lowest BCUT2D eigenvalue weighted by Crippen LogP contribution is -1.77. The first-order valence-electron chi connectivity index (χ1n) is 5.01. The molecular formula is C12H22. The minimum atomic E-state index is 1.18. The molecule has 0 atom stereocenters. The molecule has 0 spiro atoms. The van der Waals surface area contributed by atoms with Crippen LogP contribution in [0.4, 0.5) is 0 Å². The summed E-state index contributed by atoms with van der Waals surface area (Å²) in [6, 6.07) is 0. The van der Waals surface area contributed by atoms with E-state index in [-0.39, 0.29) is 0 Å². The highest BCUT2D eigenvalue weighted by Gasteiger charge is 1.87. The van der Waals surface area contributed by atoms with Crippen LogP contribution in [0.1, 0.15) is 52.4 Å². The molecule has 0 heteroatoms. The molecule has 0 N–H and O–H groups in total. The van der Waals surface area contributed by atoms with Gasteiger partial charge >= 0.3 is 0 Å². The molecule has 0 radical (unpaired) electrons. The topological polar surface area (TPSA) is 0 Å². The Labute approximate surface area is 77.4 Å². The highest BCUT2D eigenvalue weighted by atomic mass is 13.9. The van der Waals surface area contributed by atoms with Crippen LogP contribution < -0.4 is 0 Å². The maximum absolute atomic E-state index is 3.71. The third kappa shape index (κ3) is 9.48. The summed E-state index contributed by atoms with van der Waals surface area (Å²) >= 11 is 0. The summed E-state index contributed by atoms with van der Waals surface area (Å²) in [5.41, 5.74) is 1.45. The third-order valence-corrected chi connectivity index (χ3v) is 1.91. The number of hydrogen-bond acceptors (Lipinski definition) is 0. The maximum Gasteiger partial charge on any atom is -0.0348 e. The van der Waals surface area contributed by atoms with Crippen molar-refractivity contribution in [3.05, 3.63) is 24.3 Å². The lowest BCUT2D eigenvalue weighted by Gasteiger charge is -1.96. The zero-order valence-corrected chi connectivity index (χ0v) is 8.60. The van der Waals surface area contributed by atoms with Crippen LogP contribution in [0.3, 0.4) is 0 Å². The second-order valence-electron chi connectivity index (χ2n) is 3.56. The van der Waals surface area contributed by atoms with Crippen LogP contribution in [0, 0.1) is 0 Å².